The Bertz CT molecular complexity index is 350. The van der Waals surface area contributed by atoms with E-state index >= 15 is 0 Å². The summed E-state index contributed by atoms with van der Waals surface area (Å²) in [5, 5.41) is 1.10. The number of hydrogen-bond acceptors (Lipinski definition) is 2. The van der Waals surface area contributed by atoms with E-state index in [1.54, 1.807) is 0 Å². The molecule has 0 aliphatic heterocycles. The van der Waals surface area contributed by atoms with E-state index in [1.165, 1.54) is 43.4 Å². The molecule has 0 N–H and O–H groups in total. The largest absolute Gasteiger partial charge is 0.296 e. The minimum absolute atomic E-state index is 0.814. The van der Waals surface area contributed by atoms with E-state index < -0.39 is 0 Å². The molecular weight excluding hydrogens is 276 g/mol. The fourth-order valence-electron chi connectivity index (χ4n) is 2.34. The first-order valence-corrected chi connectivity index (χ1v) is 7.62. The normalized spacial score (nSPS) is 16.2. The topological polar surface area (TPSA) is 16.1 Å². The van der Waals surface area contributed by atoms with Gasteiger partial charge in [-0.15, -0.1) is 0 Å². The summed E-state index contributed by atoms with van der Waals surface area (Å²) < 4.78 is 0. The molecule has 2 rings (SSSR count). The van der Waals surface area contributed by atoms with Gasteiger partial charge in [-0.3, -0.25) is 9.88 Å². The van der Waals surface area contributed by atoms with Gasteiger partial charge >= 0.3 is 0 Å². The number of pyridine rings is 1. The van der Waals surface area contributed by atoms with E-state index in [2.05, 4.69) is 38.8 Å². The van der Waals surface area contributed by atoms with Gasteiger partial charge in [0.2, 0.25) is 0 Å². The van der Waals surface area contributed by atoms with E-state index in [9.17, 15) is 0 Å². The highest BCUT2D eigenvalue weighted by Crippen LogP contribution is 2.26. The van der Waals surface area contributed by atoms with Crippen molar-refractivity contribution in [2.45, 2.75) is 45.2 Å². The first-order chi connectivity index (χ1) is 8.29. The second-order valence-electron chi connectivity index (χ2n) is 4.97. The molecule has 3 heteroatoms. The zero-order valence-corrected chi connectivity index (χ0v) is 12.1. The van der Waals surface area contributed by atoms with Crippen LogP contribution >= 0.6 is 15.9 Å². The van der Waals surface area contributed by atoms with Crippen LogP contribution in [0.15, 0.2) is 18.5 Å². The average Bonchev–Trinajstić information content (AvgIpc) is 2.23. The SMILES string of the molecule is Cc1cncc(CN(CCCBr)C2CCC2)c1. The molecule has 0 amide bonds. The minimum Gasteiger partial charge on any atom is -0.296 e. The molecule has 1 aliphatic rings. The second kappa shape index (κ2) is 6.50. The molecule has 0 aromatic carbocycles. The van der Waals surface area contributed by atoms with Gasteiger partial charge in [-0.1, -0.05) is 28.4 Å². The molecule has 1 fully saturated rings. The summed E-state index contributed by atoms with van der Waals surface area (Å²) in [6, 6.07) is 3.07. The Balaban J connectivity index is 1.95. The third kappa shape index (κ3) is 3.78. The van der Waals surface area contributed by atoms with Crippen LogP contribution < -0.4 is 0 Å². The third-order valence-corrected chi connectivity index (χ3v) is 4.05. The highest BCUT2D eigenvalue weighted by molar-refractivity contribution is 9.09. The summed E-state index contributed by atoms with van der Waals surface area (Å²) in [4.78, 5) is 6.91. The molecule has 94 valence electrons. The molecule has 0 saturated heterocycles. The van der Waals surface area contributed by atoms with Gasteiger partial charge in [0.25, 0.3) is 0 Å². The van der Waals surface area contributed by atoms with Crippen LogP contribution in [0.2, 0.25) is 0 Å². The van der Waals surface area contributed by atoms with Crippen LogP contribution in [0.1, 0.15) is 36.8 Å². The van der Waals surface area contributed by atoms with E-state index in [0.29, 0.717) is 0 Å². The Morgan fingerprint density at radius 3 is 2.82 bits per heavy atom. The van der Waals surface area contributed by atoms with Crippen molar-refractivity contribution in [3.05, 3.63) is 29.6 Å². The van der Waals surface area contributed by atoms with Crippen molar-refractivity contribution in [1.29, 1.82) is 0 Å². The number of alkyl halides is 1. The quantitative estimate of drug-likeness (QED) is 0.747. The number of aryl methyl sites for hydroxylation is 1. The van der Waals surface area contributed by atoms with Gasteiger partial charge in [-0.05, 0) is 43.9 Å². The maximum Gasteiger partial charge on any atom is 0.0313 e. The van der Waals surface area contributed by atoms with Crippen molar-refractivity contribution in [2.24, 2.45) is 0 Å². The van der Waals surface area contributed by atoms with Crippen molar-refractivity contribution < 1.29 is 0 Å². The van der Waals surface area contributed by atoms with Crippen molar-refractivity contribution in [3.8, 4) is 0 Å². The van der Waals surface area contributed by atoms with Crippen LogP contribution in [0, 0.1) is 6.92 Å². The van der Waals surface area contributed by atoms with Crippen molar-refractivity contribution in [3.63, 3.8) is 0 Å². The van der Waals surface area contributed by atoms with Crippen LogP contribution in [0.5, 0.6) is 0 Å². The monoisotopic (exact) mass is 296 g/mol. The first-order valence-electron chi connectivity index (χ1n) is 6.50. The highest BCUT2D eigenvalue weighted by Gasteiger charge is 2.24. The zero-order chi connectivity index (χ0) is 12.1. The summed E-state index contributed by atoms with van der Waals surface area (Å²) in [6.07, 6.45) is 9.32. The Morgan fingerprint density at radius 1 is 1.41 bits per heavy atom. The molecule has 1 aromatic heterocycles. The molecule has 17 heavy (non-hydrogen) atoms. The Labute approximate surface area is 113 Å². The molecule has 2 nitrogen and oxygen atoms in total. The number of nitrogens with zero attached hydrogens (tertiary/aromatic N) is 2. The summed E-state index contributed by atoms with van der Waals surface area (Å²) in [5.74, 6) is 0. The van der Waals surface area contributed by atoms with Gasteiger partial charge < -0.3 is 0 Å². The zero-order valence-electron chi connectivity index (χ0n) is 10.5. The number of halogens is 1. The van der Waals surface area contributed by atoms with Crippen LogP contribution in [0.25, 0.3) is 0 Å². The highest BCUT2D eigenvalue weighted by atomic mass is 79.9. The lowest BCUT2D eigenvalue weighted by atomic mass is 9.91. The lowest BCUT2D eigenvalue weighted by molar-refractivity contribution is 0.120. The Morgan fingerprint density at radius 2 is 2.24 bits per heavy atom. The summed E-state index contributed by atoms with van der Waals surface area (Å²) in [6.45, 7) is 4.37. The molecule has 0 unspecified atom stereocenters. The number of hydrogen-bond donors (Lipinski definition) is 0. The first kappa shape index (κ1) is 13.0. The van der Waals surface area contributed by atoms with Crippen molar-refractivity contribution in [1.82, 2.24) is 9.88 Å². The van der Waals surface area contributed by atoms with Gasteiger partial charge in [0.15, 0.2) is 0 Å². The fourth-order valence-corrected chi connectivity index (χ4v) is 2.59. The van der Waals surface area contributed by atoms with Gasteiger partial charge in [0.05, 0.1) is 0 Å². The van der Waals surface area contributed by atoms with Crippen molar-refractivity contribution in [2.75, 3.05) is 11.9 Å². The average molecular weight is 297 g/mol. The molecule has 1 aromatic rings. The van der Waals surface area contributed by atoms with E-state index in [-0.39, 0.29) is 0 Å². The van der Waals surface area contributed by atoms with Gasteiger partial charge in [0, 0.05) is 30.3 Å². The number of rotatable bonds is 6. The smallest absolute Gasteiger partial charge is 0.0313 e. The fraction of sp³-hybridized carbons (Fsp3) is 0.643. The van der Waals surface area contributed by atoms with E-state index in [1.807, 2.05) is 12.4 Å². The molecule has 0 radical (unpaired) electrons. The van der Waals surface area contributed by atoms with Crippen LogP contribution in [-0.4, -0.2) is 27.8 Å². The molecule has 1 heterocycles. The molecule has 1 aliphatic carbocycles. The molecule has 0 atom stereocenters. The summed E-state index contributed by atoms with van der Waals surface area (Å²) >= 11 is 3.52. The minimum atomic E-state index is 0.814. The maximum atomic E-state index is 4.28. The van der Waals surface area contributed by atoms with Crippen LogP contribution in [0.3, 0.4) is 0 Å². The van der Waals surface area contributed by atoms with Crippen LogP contribution in [0.4, 0.5) is 0 Å². The Hall–Kier alpha value is -0.410. The molecular formula is C14H21BrN2. The number of aromatic nitrogens is 1. The standard InChI is InChI=1S/C14H21BrN2/c1-12-8-13(10-16-9-12)11-17(7-3-6-15)14-4-2-5-14/h8-10,14H,2-7,11H2,1H3. The molecule has 0 bridgehead atoms. The van der Waals surface area contributed by atoms with Gasteiger partial charge in [-0.2, -0.15) is 0 Å². The predicted molar refractivity (Wildman–Crippen MR) is 75.4 cm³/mol. The van der Waals surface area contributed by atoms with Gasteiger partial charge in [-0.25, -0.2) is 0 Å². The molecule has 1 saturated carbocycles. The van der Waals surface area contributed by atoms with E-state index in [0.717, 1.165) is 17.9 Å². The van der Waals surface area contributed by atoms with Crippen LogP contribution in [-0.2, 0) is 6.54 Å². The maximum absolute atomic E-state index is 4.28. The van der Waals surface area contributed by atoms with Gasteiger partial charge in [0.1, 0.15) is 0 Å². The predicted octanol–water partition coefficient (Wildman–Crippen LogP) is 3.53. The summed E-state index contributed by atoms with van der Waals surface area (Å²) in [7, 11) is 0. The molecule has 0 spiro atoms. The summed E-state index contributed by atoms with van der Waals surface area (Å²) in [5.41, 5.74) is 2.61. The lowest BCUT2D eigenvalue weighted by Gasteiger charge is -2.37. The van der Waals surface area contributed by atoms with E-state index in [4.69, 9.17) is 0 Å². The lowest BCUT2D eigenvalue weighted by Crippen LogP contribution is -2.40. The Kier molecular flexibility index (Phi) is 4.99. The van der Waals surface area contributed by atoms with Crippen molar-refractivity contribution >= 4 is 15.9 Å². The second-order valence-corrected chi connectivity index (χ2v) is 5.76. The third-order valence-electron chi connectivity index (χ3n) is 3.49.